The molecule has 1 aliphatic heterocycles. The highest BCUT2D eigenvalue weighted by molar-refractivity contribution is 5.86. The van der Waals surface area contributed by atoms with Crippen molar-refractivity contribution >= 4 is 35.8 Å². The van der Waals surface area contributed by atoms with Crippen molar-refractivity contribution in [2.45, 2.75) is 59.4 Å². The van der Waals surface area contributed by atoms with Crippen molar-refractivity contribution in [2.24, 2.45) is 11.3 Å². The number of rotatable bonds is 11. The fraction of sp³-hybridized carbons (Fsp3) is 0.720. The van der Waals surface area contributed by atoms with Crippen LogP contribution in [0, 0.1) is 11.3 Å². The molecule has 0 unspecified atom stereocenters. The van der Waals surface area contributed by atoms with Crippen LogP contribution in [0.3, 0.4) is 0 Å². The van der Waals surface area contributed by atoms with Crippen LogP contribution in [0.1, 0.15) is 57.7 Å². The van der Waals surface area contributed by atoms with E-state index < -0.39 is 0 Å². The second kappa shape index (κ2) is 13.7. The summed E-state index contributed by atoms with van der Waals surface area (Å²) in [6.07, 6.45) is 5.53. The largest absolute Gasteiger partial charge is 0.493 e. The molecule has 1 fully saturated rings. The Morgan fingerprint density at radius 1 is 1.21 bits per heavy atom. The van der Waals surface area contributed by atoms with Crippen LogP contribution < -0.4 is 4.74 Å². The molecule has 1 aromatic heterocycles. The number of hydrogen-bond acceptors (Lipinski definition) is 6. The van der Waals surface area contributed by atoms with E-state index in [0.717, 1.165) is 79.3 Å². The Morgan fingerprint density at radius 3 is 2.52 bits per heavy atom. The van der Waals surface area contributed by atoms with Crippen LogP contribution in [-0.4, -0.2) is 67.0 Å². The summed E-state index contributed by atoms with van der Waals surface area (Å²) < 4.78 is 11.8. The number of ether oxygens (including phenoxy) is 1. The highest BCUT2D eigenvalue weighted by Gasteiger charge is 2.26. The molecule has 0 bridgehead atoms. The lowest BCUT2D eigenvalue weighted by Gasteiger charge is -2.36. The van der Waals surface area contributed by atoms with Crippen LogP contribution in [0.5, 0.6) is 5.75 Å². The third-order valence-electron chi connectivity index (χ3n) is 6.29. The average Bonchev–Trinajstić information content (AvgIpc) is 3.15. The van der Waals surface area contributed by atoms with Crippen molar-refractivity contribution in [1.29, 1.82) is 0 Å². The minimum Gasteiger partial charge on any atom is -0.493 e. The number of fused-ring (bicyclic) bond motifs is 1. The van der Waals surface area contributed by atoms with E-state index in [4.69, 9.17) is 9.26 Å². The number of nitrogens with zero attached hydrogens (tertiary/aromatic N) is 3. The monoisotopic (exact) mass is 503 g/mol. The predicted molar refractivity (Wildman–Crippen MR) is 140 cm³/mol. The van der Waals surface area contributed by atoms with E-state index in [1.807, 2.05) is 0 Å². The fourth-order valence-electron chi connectivity index (χ4n) is 4.51. The molecule has 2 aromatic rings. The first kappa shape index (κ1) is 30.0. The summed E-state index contributed by atoms with van der Waals surface area (Å²) in [5, 5.41) is 15.1. The van der Waals surface area contributed by atoms with E-state index in [-0.39, 0.29) is 36.8 Å². The quantitative estimate of drug-likeness (QED) is 0.455. The van der Waals surface area contributed by atoms with Gasteiger partial charge in [-0.1, -0.05) is 25.9 Å². The third kappa shape index (κ3) is 8.29. The summed E-state index contributed by atoms with van der Waals surface area (Å²) in [4.78, 5) is 4.64. The van der Waals surface area contributed by atoms with Gasteiger partial charge in [-0.3, -0.25) is 0 Å². The van der Waals surface area contributed by atoms with E-state index in [1.54, 1.807) is 0 Å². The minimum atomic E-state index is -0.0174. The first-order chi connectivity index (χ1) is 14.8. The van der Waals surface area contributed by atoms with Crippen LogP contribution in [0.25, 0.3) is 11.0 Å². The lowest BCUT2D eigenvalue weighted by molar-refractivity contribution is 0.0802. The molecule has 8 heteroatoms. The molecular formula is C25H43Cl2N3O3. The summed E-state index contributed by atoms with van der Waals surface area (Å²) >= 11 is 0. The van der Waals surface area contributed by atoms with Gasteiger partial charge < -0.3 is 24.2 Å². The molecule has 0 saturated carbocycles. The lowest BCUT2D eigenvalue weighted by Crippen LogP contribution is -2.41. The van der Waals surface area contributed by atoms with Gasteiger partial charge in [0.1, 0.15) is 5.75 Å². The van der Waals surface area contributed by atoms with E-state index in [9.17, 15) is 5.11 Å². The van der Waals surface area contributed by atoms with Crippen molar-refractivity contribution in [1.82, 2.24) is 15.0 Å². The van der Waals surface area contributed by atoms with Crippen molar-refractivity contribution in [2.75, 3.05) is 46.9 Å². The molecule has 0 aliphatic carbocycles. The van der Waals surface area contributed by atoms with Gasteiger partial charge in [-0.2, -0.15) is 0 Å². The Kier molecular flexibility index (Phi) is 12.5. The molecule has 1 aromatic carbocycles. The number of aliphatic hydroxyl groups excluding tert-OH is 1. The predicted octanol–water partition coefficient (Wildman–Crippen LogP) is 5.18. The molecule has 1 N–H and O–H groups in total. The van der Waals surface area contributed by atoms with E-state index in [1.165, 1.54) is 12.8 Å². The van der Waals surface area contributed by atoms with E-state index in [2.05, 4.69) is 62.0 Å². The number of halogens is 2. The van der Waals surface area contributed by atoms with Crippen LogP contribution in [-0.2, 0) is 13.0 Å². The molecule has 1 aliphatic rings. The summed E-state index contributed by atoms with van der Waals surface area (Å²) in [7, 11) is 4.13. The maximum absolute atomic E-state index is 9.53. The number of aryl methyl sites for hydroxylation is 1. The maximum Gasteiger partial charge on any atom is 0.175 e. The molecular weight excluding hydrogens is 461 g/mol. The average molecular weight is 505 g/mol. The zero-order chi connectivity index (χ0) is 22.4. The molecule has 0 amide bonds. The molecule has 0 atom stereocenters. The smallest absolute Gasteiger partial charge is 0.175 e. The third-order valence-corrected chi connectivity index (χ3v) is 6.29. The first-order valence-corrected chi connectivity index (χ1v) is 11.8. The Labute approximate surface area is 211 Å². The van der Waals surface area contributed by atoms with Gasteiger partial charge in [0, 0.05) is 30.5 Å². The number of aliphatic hydroxyl groups is 1. The first-order valence-electron chi connectivity index (χ1n) is 11.8. The van der Waals surface area contributed by atoms with Gasteiger partial charge in [0.15, 0.2) is 5.58 Å². The van der Waals surface area contributed by atoms with Crippen LogP contribution in [0.15, 0.2) is 16.7 Å². The highest BCUT2D eigenvalue weighted by Crippen LogP contribution is 2.33. The second-order valence-electron chi connectivity index (χ2n) is 10.2. The topological polar surface area (TPSA) is 62.0 Å². The van der Waals surface area contributed by atoms with E-state index in [0.29, 0.717) is 6.61 Å². The Bertz CT molecular complexity index is 834. The zero-order valence-electron chi connectivity index (χ0n) is 20.9. The lowest BCUT2D eigenvalue weighted by atomic mass is 9.88. The van der Waals surface area contributed by atoms with Crippen molar-refractivity contribution in [3.05, 3.63) is 23.4 Å². The van der Waals surface area contributed by atoms with E-state index >= 15 is 0 Å². The van der Waals surface area contributed by atoms with Gasteiger partial charge in [0.05, 0.1) is 17.9 Å². The Hall–Kier alpha value is -1.05. The molecule has 3 rings (SSSR count). The molecule has 33 heavy (non-hydrogen) atoms. The second-order valence-corrected chi connectivity index (χ2v) is 10.2. The summed E-state index contributed by atoms with van der Waals surface area (Å²) in [6, 6.07) is 4.20. The highest BCUT2D eigenvalue weighted by atomic mass is 35.5. The van der Waals surface area contributed by atoms with Gasteiger partial charge in [0.2, 0.25) is 0 Å². The molecule has 2 heterocycles. The SMILES string of the molecule is CCCOc1ccc2c(CCC3CCN(CC(C)(C)CO)CC3)noc2c1CN(C)C.Cl.Cl. The fourth-order valence-corrected chi connectivity index (χ4v) is 4.51. The number of hydrogen-bond donors (Lipinski definition) is 1. The summed E-state index contributed by atoms with van der Waals surface area (Å²) in [5.74, 6) is 1.64. The Balaban J connectivity index is 0.00000272. The van der Waals surface area contributed by atoms with Crippen molar-refractivity contribution < 1.29 is 14.4 Å². The normalized spacial score (nSPS) is 15.5. The maximum atomic E-state index is 9.53. The van der Waals surface area contributed by atoms with Gasteiger partial charge in [-0.25, -0.2) is 0 Å². The standard InChI is InChI=1S/C25H41N3O3.2ClH/c1-6-15-30-23-10-8-20-22(26-31-24(20)21(23)16-27(4)5)9-7-19-11-13-28(14-12-19)17-25(2,3)18-29;;/h8,10,19,29H,6-7,9,11-18H2,1-5H3;2*1H. The molecule has 6 nitrogen and oxygen atoms in total. The van der Waals surface area contributed by atoms with Gasteiger partial charge >= 0.3 is 0 Å². The number of aromatic nitrogens is 1. The van der Waals surface area contributed by atoms with Gasteiger partial charge in [-0.15, -0.1) is 24.8 Å². The molecule has 0 spiro atoms. The summed E-state index contributed by atoms with van der Waals surface area (Å²) in [5.41, 5.74) is 3.02. The Morgan fingerprint density at radius 2 is 1.91 bits per heavy atom. The van der Waals surface area contributed by atoms with Crippen molar-refractivity contribution in [3.63, 3.8) is 0 Å². The number of likely N-dealkylation sites (tertiary alicyclic amines) is 1. The van der Waals surface area contributed by atoms with Crippen LogP contribution >= 0.6 is 24.8 Å². The van der Waals surface area contributed by atoms with Gasteiger partial charge in [-0.05, 0) is 77.3 Å². The molecule has 1 saturated heterocycles. The number of piperidine rings is 1. The minimum absolute atomic E-state index is 0. The molecule has 190 valence electrons. The number of benzene rings is 1. The summed E-state index contributed by atoms with van der Waals surface area (Å²) in [6.45, 7) is 11.3. The zero-order valence-corrected chi connectivity index (χ0v) is 22.6. The van der Waals surface area contributed by atoms with Gasteiger partial charge in [0.25, 0.3) is 0 Å². The molecule has 0 radical (unpaired) electrons. The van der Waals surface area contributed by atoms with Crippen molar-refractivity contribution in [3.8, 4) is 5.75 Å². The van der Waals surface area contributed by atoms with Crippen LogP contribution in [0.2, 0.25) is 0 Å². The van der Waals surface area contributed by atoms with Crippen LogP contribution in [0.4, 0.5) is 0 Å².